The summed E-state index contributed by atoms with van der Waals surface area (Å²) in [5, 5.41) is 0. The molecule has 0 aliphatic rings. The summed E-state index contributed by atoms with van der Waals surface area (Å²) >= 11 is 6.96. The van der Waals surface area contributed by atoms with E-state index in [-0.39, 0.29) is 4.90 Å². The number of rotatable bonds is 1. The van der Waals surface area contributed by atoms with Gasteiger partial charge in [0.15, 0.2) is 4.47 Å². The van der Waals surface area contributed by atoms with Crippen molar-refractivity contribution in [1.82, 2.24) is 4.98 Å². The van der Waals surface area contributed by atoms with Crippen LogP contribution in [-0.2, 0) is 9.05 Å². The first kappa shape index (κ1) is 10.2. The fourth-order valence-corrected chi connectivity index (χ4v) is 2.81. The number of hydrogen-bond acceptors (Lipinski definition) is 4. The highest BCUT2D eigenvalue weighted by Gasteiger charge is 2.11. The molecule has 2 aromatic rings. The Morgan fingerprint density at radius 3 is 2.71 bits per heavy atom. The van der Waals surface area contributed by atoms with Gasteiger partial charge in [0, 0.05) is 10.7 Å². The zero-order valence-corrected chi connectivity index (χ0v) is 9.71. The summed E-state index contributed by atoms with van der Waals surface area (Å²) in [4.78, 5) is 3.98. The van der Waals surface area contributed by atoms with Crippen LogP contribution in [0, 0.1) is 0 Å². The summed E-state index contributed by atoms with van der Waals surface area (Å²) in [5.41, 5.74) is 0.543. The van der Waals surface area contributed by atoms with Crippen LogP contribution in [0.1, 0.15) is 0 Å². The highest BCUT2D eigenvalue weighted by atomic mass is 35.7. The summed E-state index contributed by atoms with van der Waals surface area (Å²) < 4.78 is 23.2. The zero-order chi connectivity index (χ0) is 10.3. The Morgan fingerprint density at radius 1 is 1.36 bits per heavy atom. The van der Waals surface area contributed by atoms with Crippen molar-refractivity contribution in [1.29, 1.82) is 0 Å². The Balaban J connectivity index is 2.74. The molecule has 2 rings (SSSR count). The van der Waals surface area contributed by atoms with Gasteiger partial charge in [-0.25, -0.2) is 13.4 Å². The first-order valence-corrected chi connectivity index (χ1v) is 6.98. The van der Waals surface area contributed by atoms with Gasteiger partial charge in [-0.3, -0.25) is 0 Å². The van der Waals surface area contributed by atoms with Crippen LogP contribution in [0.2, 0.25) is 4.47 Å². The van der Waals surface area contributed by atoms with Gasteiger partial charge >= 0.3 is 0 Å². The van der Waals surface area contributed by atoms with Crippen molar-refractivity contribution in [3.8, 4) is 0 Å². The highest BCUT2D eigenvalue weighted by Crippen LogP contribution is 2.28. The second kappa shape index (κ2) is 3.34. The van der Waals surface area contributed by atoms with E-state index in [0.717, 1.165) is 4.70 Å². The first-order valence-electron chi connectivity index (χ1n) is 3.47. The molecule has 0 amide bonds. The SMILES string of the molecule is O=S(=O)(Cl)c1ccc2sc(Cl)nc2c1. The van der Waals surface area contributed by atoms with Crippen molar-refractivity contribution >= 4 is 52.9 Å². The van der Waals surface area contributed by atoms with Crippen molar-refractivity contribution < 1.29 is 8.42 Å². The van der Waals surface area contributed by atoms with Gasteiger partial charge in [-0.1, -0.05) is 11.6 Å². The summed E-state index contributed by atoms with van der Waals surface area (Å²) in [6, 6.07) is 4.47. The average molecular weight is 268 g/mol. The van der Waals surface area contributed by atoms with Gasteiger partial charge in [0.1, 0.15) is 0 Å². The third-order valence-corrected chi connectivity index (χ3v) is 4.11. The molecular formula is C7H3Cl2NO2S2. The predicted molar refractivity (Wildman–Crippen MR) is 57.7 cm³/mol. The van der Waals surface area contributed by atoms with Crippen molar-refractivity contribution in [2.45, 2.75) is 4.90 Å². The molecule has 0 aliphatic carbocycles. The minimum absolute atomic E-state index is 0.0358. The van der Waals surface area contributed by atoms with Crippen LogP contribution in [0.15, 0.2) is 23.1 Å². The summed E-state index contributed by atoms with van der Waals surface area (Å²) in [5.74, 6) is 0. The second-order valence-electron chi connectivity index (χ2n) is 2.53. The molecule has 0 radical (unpaired) electrons. The molecule has 1 aromatic carbocycles. The van der Waals surface area contributed by atoms with Gasteiger partial charge < -0.3 is 0 Å². The maximum absolute atomic E-state index is 11.0. The molecule has 7 heteroatoms. The van der Waals surface area contributed by atoms with E-state index in [2.05, 4.69) is 4.98 Å². The lowest BCUT2D eigenvalue weighted by Gasteiger charge is -1.93. The first-order chi connectivity index (χ1) is 6.47. The maximum atomic E-state index is 11.0. The van der Waals surface area contributed by atoms with Crippen molar-refractivity contribution in [3.05, 3.63) is 22.7 Å². The fourth-order valence-electron chi connectivity index (χ4n) is 1.03. The van der Waals surface area contributed by atoms with E-state index in [4.69, 9.17) is 22.3 Å². The van der Waals surface area contributed by atoms with Gasteiger partial charge in [-0.05, 0) is 18.2 Å². The number of benzene rings is 1. The molecular weight excluding hydrogens is 265 g/mol. The molecule has 0 N–H and O–H groups in total. The number of nitrogens with zero attached hydrogens (tertiary/aromatic N) is 1. The smallest absolute Gasteiger partial charge is 0.225 e. The molecule has 1 heterocycles. The van der Waals surface area contributed by atoms with Crippen LogP contribution in [0.5, 0.6) is 0 Å². The lowest BCUT2D eigenvalue weighted by Crippen LogP contribution is -1.89. The summed E-state index contributed by atoms with van der Waals surface area (Å²) in [6.07, 6.45) is 0. The molecule has 0 fully saturated rings. The molecule has 0 atom stereocenters. The van der Waals surface area contributed by atoms with Crippen LogP contribution >= 0.6 is 33.6 Å². The molecule has 0 unspecified atom stereocenters. The quantitative estimate of drug-likeness (QED) is 0.747. The van der Waals surface area contributed by atoms with Crippen molar-refractivity contribution in [2.24, 2.45) is 0 Å². The van der Waals surface area contributed by atoms with Gasteiger partial charge in [0.25, 0.3) is 9.05 Å². The van der Waals surface area contributed by atoms with Gasteiger partial charge in [-0.15, -0.1) is 11.3 Å². The Kier molecular flexibility index (Phi) is 2.43. The number of halogens is 2. The molecule has 3 nitrogen and oxygen atoms in total. The summed E-state index contributed by atoms with van der Waals surface area (Å²) in [6.45, 7) is 0. The molecule has 0 bridgehead atoms. The van der Waals surface area contributed by atoms with Crippen LogP contribution < -0.4 is 0 Å². The van der Waals surface area contributed by atoms with E-state index in [1.165, 1.54) is 23.5 Å². The van der Waals surface area contributed by atoms with E-state index in [9.17, 15) is 8.42 Å². The molecule has 0 saturated heterocycles. The van der Waals surface area contributed by atoms with E-state index in [1.807, 2.05) is 0 Å². The fraction of sp³-hybridized carbons (Fsp3) is 0. The van der Waals surface area contributed by atoms with E-state index in [1.54, 1.807) is 6.07 Å². The van der Waals surface area contributed by atoms with Gasteiger partial charge in [0.05, 0.1) is 15.1 Å². The molecule has 0 spiro atoms. The van der Waals surface area contributed by atoms with Crippen LogP contribution in [0.4, 0.5) is 0 Å². The number of fused-ring (bicyclic) bond motifs is 1. The monoisotopic (exact) mass is 267 g/mol. The lowest BCUT2D eigenvalue weighted by molar-refractivity contribution is 0.609. The van der Waals surface area contributed by atoms with Crippen molar-refractivity contribution in [3.63, 3.8) is 0 Å². The molecule has 74 valence electrons. The molecule has 1 aromatic heterocycles. The lowest BCUT2D eigenvalue weighted by atomic mass is 10.3. The molecule has 14 heavy (non-hydrogen) atoms. The number of hydrogen-bond donors (Lipinski definition) is 0. The Labute approximate surface area is 93.7 Å². The van der Waals surface area contributed by atoms with Gasteiger partial charge in [0.2, 0.25) is 0 Å². The normalized spacial score (nSPS) is 12.1. The van der Waals surface area contributed by atoms with Crippen LogP contribution in [-0.4, -0.2) is 13.4 Å². The van der Waals surface area contributed by atoms with E-state index < -0.39 is 9.05 Å². The zero-order valence-electron chi connectivity index (χ0n) is 6.57. The van der Waals surface area contributed by atoms with E-state index >= 15 is 0 Å². The third kappa shape index (κ3) is 1.86. The molecule has 0 aliphatic heterocycles. The van der Waals surface area contributed by atoms with Gasteiger partial charge in [-0.2, -0.15) is 0 Å². The average Bonchev–Trinajstić information content (AvgIpc) is 2.41. The highest BCUT2D eigenvalue weighted by molar-refractivity contribution is 8.13. The largest absolute Gasteiger partial charge is 0.261 e. The van der Waals surface area contributed by atoms with Crippen LogP contribution in [0.3, 0.4) is 0 Å². The van der Waals surface area contributed by atoms with Crippen LogP contribution in [0.25, 0.3) is 10.2 Å². The molecule has 0 saturated carbocycles. The maximum Gasteiger partial charge on any atom is 0.261 e. The predicted octanol–water partition coefficient (Wildman–Crippen LogP) is 2.88. The standard InChI is InChI=1S/C7H3Cl2NO2S2/c8-7-10-5-3-4(14(9,11)12)1-2-6(5)13-7/h1-3H. The number of thiazole rings is 1. The Morgan fingerprint density at radius 2 is 2.07 bits per heavy atom. The Bertz CT molecular complexity index is 591. The topological polar surface area (TPSA) is 47.0 Å². The second-order valence-corrected chi connectivity index (χ2v) is 6.71. The summed E-state index contributed by atoms with van der Waals surface area (Å²) in [7, 11) is 1.49. The minimum atomic E-state index is -3.69. The number of aromatic nitrogens is 1. The third-order valence-electron chi connectivity index (χ3n) is 1.61. The minimum Gasteiger partial charge on any atom is -0.225 e. The Hall–Kier alpha value is -0.360. The van der Waals surface area contributed by atoms with Crippen molar-refractivity contribution in [2.75, 3.05) is 0 Å². The van der Waals surface area contributed by atoms with E-state index in [0.29, 0.717) is 9.98 Å².